The van der Waals surface area contributed by atoms with Gasteiger partial charge >= 0.3 is 6.09 Å². The molecular weight excluding hydrogens is 680 g/mol. The molecule has 3 N–H and O–H groups in total. The molecule has 0 saturated carbocycles. The van der Waals surface area contributed by atoms with E-state index in [1.807, 2.05) is 30.3 Å². The van der Waals surface area contributed by atoms with E-state index in [1.54, 1.807) is 38.4 Å². The molecule has 2 aliphatic rings. The van der Waals surface area contributed by atoms with Gasteiger partial charge in [0.05, 0.1) is 21.7 Å². The van der Waals surface area contributed by atoms with Crippen LogP contribution in [0.3, 0.4) is 0 Å². The third kappa shape index (κ3) is 8.23. The van der Waals surface area contributed by atoms with E-state index in [-0.39, 0.29) is 36.6 Å². The lowest BCUT2D eigenvalue weighted by atomic mass is 9.81. The first-order valence-corrected chi connectivity index (χ1v) is 16.5. The second kappa shape index (κ2) is 16.3. The van der Waals surface area contributed by atoms with Crippen LogP contribution in [0.1, 0.15) is 41.9 Å². The summed E-state index contributed by atoms with van der Waals surface area (Å²) in [5.41, 5.74) is 7.66. The number of piperidine rings is 1. The number of carbonyl (C=O) groups excluding carboxylic acids is 3. The van der Waals surface area contributed by atoms with Crippen molar-refractivity contribution in [2.24, 2.45) is 5.73 Å². The minimum Gasteiger partial charge on any atom is -0.437 e. The number of anilines is 1. The number of benzene rings is 3. The van der Waals surface area contributed by atoms with E-state index in [0.717, 1.165) is 5.56 Å². The molecule has 1 fully saturated rings. The number of rotatable bonds is 11. The number of amides is 3. The van der Waals surface area contributed by atoms with Crippen molar-refractivity contribution >= 4 is 59.2 Å². The van der Waals surface area contributed by atoms with Gasteiger partial charge in [-0.25, -0.2) is 9.18 Å². The van der Waals surface area contributed by atoms with Gasteiger partial charge in [-0.2, -0.15) is 0 Å². The van der Waals surface area contributed by atoms with Gasteiger partial charge in [-0.1, -0.05) is 59.6 Å². The number of carbonyl (C=O) groups is 3. The summed E-state index contributed by atoms with van der Waals surface area (Å²) in [5, 5.41) is 3.56. The molecular formula is C35H41Cl3FN5O4. The topological polar surface area (TPSA) is 108 Å². The van der Waals surface area contributed by atoms with E-state index in [0.29, 0.717) is 78.7 Å². The van der Waals surface area contributed by atoms with Crippen molar-refractivity contribution in [1.82, 2.24) is 15.1 Å². The summed E-state index contributed by atoms with van der Waals surface area (Å²) < 4.78 is 20.3. The average Bonchev–Trinajstić information content (AvgIpc) is 3.07. The Balaban J connectivity index is 0.00000520. The number of nitrogens with two attached hydrogens (primary N) is 1. The van der Waals surface area contributed by atoms with Crippen LogP contribution in [0.5, 0.6) is 0 Å². The van der Waals surface area contributed by atoms with Crippen molar-refractivity contribution in [3.8, 4) is 0 Å². The fourth-order valence-electron chi connectivity index (χ4n) is 6.49. The maximum absolute atomic E-state index is 14.3. The van der Waals surface area contributed by atoms with Gasteiger partial charge in [0.15, 0.2) is 0 Å². The molecule has 13 heteroatoms. The standard InChI is InChI=1S/C35H40Cl2FN5O4.ClH/c1-41(31(32(44)40-16-15-39)20-23-6-4-3-5-7-23)33(45)26(24-8-10-28(36)29(37)21-24)12-17-43-18-13-35(14-19-43)27-22-25(38)9-11-30(27)42(2)34(46)47-35;/h3-11,21-22,26,31H,12-20,39H2,1-2H3,(H,40,44);1H/t26-,31+;/m1./s1. The molecule has 0 unspecified atom stereocenters. The number of likely N-dealkylation sites (N-methyl/N-ethyl adjacent to an activating group) is 1. The van der Waals surface area contributed by atoms with Crippen molar-refractivity contribution < 1.29 is 23.5 Å². The molecule has 9 nitrogen and oxygen atoms in total. The summed E-state index contributed by atoms with van der Waals surface area (Å²) >= 11 is 12.6. The summed E-state index contributed by atoms with van der Waals surface area (Å²) in [7, 11) is 3.27. The van der Waals surface area contributed by atoms with Gasteiger partial charge in [0.1, 0.15) is 17.5 Å². The summed E-state index contributed by atoms with van der Waals surface area (Å²) in [6.07, 6.45) is 1.26. The summed E-state index contributed by atoms with van der Waals surface area (Å²) in [4.78, 5) is 45.5. The Morgan fingerprint density at radius 1 is 1.06 bits per heavy atom. The Hall–Kier alpha value is -3.41. The average molecular weight is 721 g/mol. The molecule has 0 radical (unpaired) electrons. The van der Waals surface area contributed by atoms with Crippen LogP contribution in [0.25, 0.3) is 0 Å². The second-order valence-corrected chi connectivity index (χ2v) is 13.0. The molecule has 48 heavy (non-hydrogen) atoms. The lowest BCUT2D eigenvalue weighted by Crippen LogP contribution is -2.52. The molecule has 0 bridgehead atoms. The highest BCUT2D eigenvalue weighted by atomic mass is 35.5. The highest BCUT2D eigenvalue weighted by Crippen LogP contribution is 2.45. The van der Waals surface area contributed by atoms with E-state index < -0.39 is 23.7 Å². The predicted molar refractivity (Wildman–Crippen MR) is 188 cm³/mol. The Morgan fingerprint density at radius 2 is 1.77 bits per heavy atom. The number of hydrogen-bond acceptors (Lipinski definition) is 6. The normalized spacial score (nSPS) is 16.7. The first-order chi connectivity index (χ1) is 22.5. The van der Waals surface area contributed by atoms with Gasteiger partial charge in [0, 0.05) is 65.1 Å². The Morgan fingerprint density at radius 3 is 2.44 bits per heavy atom. The maximum Gasteiger partial charge on any atom is 0.414 e. The molecule has 258 valence electrons. The molecule has 1 spiro atoms. The van der Waals surface area contributed by atoms with Crippen molar-refractivity contribution in [2.45, 2.75) is 43.2 Å². The molecule has 0 aromatic heterocycles. The predicted octanol–water partition coefficient (Wildman–Crippen LogP) is 5.75. The van der Waals surface area contributed by atoms with Crippen LogP contribution in [0, 0.1) is 5.82 Å². The van der Waals surface area contributed by atoms with Gasteiger partial charge in [-0.05, 0) is 54.4 Å². The van der Waals surface area contributed by atoms with Crippen molar-refractivity contribution in [3.05, 3.63) is 99.3 Å². The fraction of sp³-hybridized carbons (Fsp3) is 0.400. The fourth-order valence-corrected chi connectivity index (χ4v) is 6.80. The molecule has 2 atom stereocenters. The minimum atomic E-state index is -0.918. The maximum atomic E-state index is 14.3. The van der Waals surface area contributed by atoms with E-state index >= 15 is 0 Å². The third-order valence-corrected chi connectivity index (χ3v) is 9.98. The van der Waals surface area contributed by atoms with Crippen LogP contribution in [-0.4, -0.2) is 80.6 Å². The van der Waals surface area contributed by atoms with Gasteiger partial charge < -0.3 is 25.6 Å². The van der Waals surface area contributed by atoms with Gasteiger partial charge in [0.25, 0.3) is 0 Å². The first kappa shape index (κ1) is 37.4. The zero-order valence-corrected chi connectivity index (χ0v) is 29.3. The van der Waals surface area contributed by atoms with E-state index in [4.69, 9.17) is 33.7 Å². The molecule has 5 rings (SSSR count). The monoisotopic (exact) mass is 719 g/mol. The molecule has 3 aromatic rings. The Kier molecular flexibility index (Phi) is 12.7. The number of likely N-dealkylation sites (tertiary alicyclic amines) is 1. The quantitative estimate of drug-likeness (QED) is 0.261. The molecule has 2 heterocycles. The third-order valence-electron chi connectivity index (χ3n) is 9.24. The van der Waals surface area contributed by atoms with E-state index in [1.165, 1.54) is 21.9 Å². The Labute approximate surface area is 296 Å². The van der Waals surface area contributed by atoms with Crippen LogP contribution < -0.4 is 16.0 Å². The molecule has 2 aliphatic heterocycles. The molecule has 3 aromatic carbocycles. The van der Waals surface area contributed by atoms with Crippen LogP contribution in [0.15, 0.2) is 66.7 Å². The zero-order valence-electron chi connectivity index (χ0n) is 27.0. The van der Waals surface area contributed by atoms with Crippen molar-refractivity contribution in [3.63, 3.8) is 0 Å². The van der Waals surface area contributed by atoms with Crippen LogP contribution in [-0.2, 0) is 26.3 Å². The summed E-state index contributed by atoms with van der Waals surface area (Å²) in [5.74, 6) is -1.52. The smallest absolute Gasteiger partial charge is 0.414 e. The van der Waals surface area contributed by atoms with Crippen molar-refractivity contribution in [1.29, 1.82) is 0 Å². The lowest BCUT2D eigenvalue weighted by Gasteiger charge is -2.46. The number of halogens is 4. The summed E-state index contributed by atoms with van der Waals surface area (Å²) in [6, 6.07) is 18.4. The first-order valence-electron chi connectivity index (χ1n) is 15.8. The second-order valence-electron chi connectivity index (χ2n) is 12.2. The number of fused-ring (bicyclic) bond motifs is 2. The summed E-state index contributed by atoms with van der Waals surface area (Å²) in [6.45, 7) is 2.27. The van der Waals surface area contributed by atoms with Gasteiger partial charge in [-0.3, -0.25) is 14.5 Å². The number of nitrogens with one attached hydrogen (secondary N) is 1. The minimum absolute atomic E-state index is 0. The van der Waals surface area contributed by atoms with Gasteiger partial charge in [0.2, 0.25) is 11.8 Å². The van der Waals surface area contributed by atoms with Gasteiger partial charge in [-0.15, -0.1) is 12.4 Å². The zero-order chi connectivity index (χ0) is 33.7. The molecule has 3 amide bonds. The highest BCUT2D eigenvalue weighted by Gasteiger charge is 2.46. The molecule has 1 saturated heterocycles. The Bertz CT molecular complexity index is 1610. The highest BCUT2D eigenvalue weighted by molar-refractivity contribution is 6.42. The largest absolute Gasteiger partial charge is 0.437 e. The number of hydrogen-bond donors (Lipinski definition) is 2. The van der Waals surface area contributed by atoms with Crippen LogP contribution in [0.2, 0.25) is 10.0 Å². The van der Waals surface area contributed by atoms with E-state index in [2.05, 4.69) is 10.2 Å². The van der Waals surface area contributed by atoms with E-state index in [9.17, 15) is 18.8 Å². The SMILES string of the molecule is CN1C(=O)OC2(CCN(CC[C@@H](C(=O)N(C)[C@@H](Cc3ccccc3)C(=O)NCCN)c3ccc(Cl)c(Cl)c3)CC2)c2cc(F)ccc21.Cl. The number of ether oxygens (including phenoxy) is 1. The number of nitrogens with zero attached hydrogens (tertiary/aromatic N) is 3. The van der Waals surface area contributed by atoms with Crippen LogP contribution >= 0.6 is 35.6 Å². The van der Waals surface area contributed by atoms with Crippen molar-refractivity contribution in [2.75, 3.05) is 51.7 Å². The molecule has 0 aliphatic carbocycles. The lowest BCUT2D eigenvalue weighted by molar-refractivity contribution is -0.140. The van der Waals surface area contributed by atoms with Crippen LogP contribution in [0.4, 0.5) is 14.9 Å².